The van der Waals surface area contributed by atoms with E-state index in [-0.39, 0.29) is 32.9 Å². The van der Waals surface area contributed by atoms with Crippen LogP contribution in [0.1, 0.15) is 35.9 Å². The van der Waals surface area contributed by atoms with Gasteiger partial charge in [-0.15, -0.1) is 0 Å². The molecular formula is C16H16ClFN4O3S. The molecule has 0 saturated carbocycles. The molecule has 0 aliphatic heterocycles. The molecule has 0 bridgehead atoms. The average molecular weight is 399 g/mol. The van der Waals surface area contributed by atoms with Crippen LogP contribution in [-0.2, 0) is 10.0 Å². The Morgan fingerprint density at radius 2 is 2.04 bits per heavy atom. The monoisotopic (exact) mass is 398 g/mol. The first kappa shape index (κ1) is 19.9. The molecule has 2 aromatic rings. The van der Waals surface area contributed by atoms with Gasteiger partial charge in [-0.1, -0.05) is 11.6 Å². The van der Waals surface area contributed by atoms with E-state index in [9.17, 15) is 17.6 Å². The zero-order valence-electron chi connectivity index (χ0n) is 14.2. The van der Waals surface area contributed by atoms with Crippen LogP contribution in [0.15, 0.2) is 29.3 Å². The molecule has 26 heavy (non-hydrogen) atoms. The van der Waals surface area contributed by atoms with Crippen molar-refractivity contribution in [1.82, 2.24) is 9.29 Å². The lowest BCUT2D eigenvalue weighted by molar-refractivity contribution is 0.101. The third-order valence-electron chi connectivity index (χ3n) is 3.61. The minimum atomic E-state index is -3.86. The van der Waals surface area contributed by atoms with Crippen molar-refractivity contribution in [1.29, 1.82) is 5.26 Å². The topological polar surface area (TPSA) is 104 Å². The first-order chi connectivity index (χ1) is 12.1. The van der Waals surface area contributed by atoms with Crippen LogP contribution in [-0.4, -0.2) is 25.9 Å². The Bertz CT molecular complexity index is 1010. The smallest absolute Gasteiger partial charge is 0.273 e. The lowest BCUT2D eigenvalue weighted by Gasteiger charge is -2.13. The van der Waals surface area contributed by atoms with Gasteiger partial charge in [0.05, 0.1) is 10.6 Å². The summed E-state index contributed by atoms with van der Waals surface area (Å²) in [4.78, 5) is 12.4. The Kier molecular flexibility index (Phi) is 5.71. The van der Waals surface area contributed by atoms with Gasteiger partial charge < -0.3 is 9.88 Å². The third kappa shape index (κ3) is 3.72. The molecule has 2 N–H and O–H groups in total. The number of nitriles is 1. The van der Waals surface area contributed by atoms with Crippen molar-refractivity contribution >= 4 is 33.2 Å². The Hall–Kier alpha value is -2.41. The molecule has 1 aromatic heterocycles. The largest absolute Gasteiger partial charge is 0.338 e. The van der Waals surface area contributed by atoms with Crippen LogP contribution in [0.4, 0.5) is 10.1 Å². The molecule has 138 valence electrons. The van der Waals surface area contributed by atoms with Crippen molar-refractivity contribution in [2.75, 3.05) is 12.4 Å². The number of nitrogens with zero attached hydrogens (tertiary/aromatic N) is 2. The van der Waals surface area contributed by atoms with Gasteiger partial charge in [0.15, 0.2) is 0 Å². The molecule has 2 rings (SSSR count). The second kappa shape index (κ2) is 7.45. The normalized spacial score (nSPS) is 11.4. The highest BCUT2D eigenvalue weighted by molar-refractivity contribution is 7.89. The van der Waals surface area contributed by atoms with Crippen molar-refractivity contribution in [2.24, 2.45) is 0 Å². The van der Waals surface area contributed by atoms with Gasteiger partial charge in [0.2, 0.25) is 10.0 Å². The molecule has 10 heteroatoms. The number of aromatic nitrogens is 1. The fraction of sp³-hybridized carbons (Fsp3) is 0.250. The number of halogens is 2. The van der Waals surface area contributed by atoms with E-state index >= 15 is 0 Å². The summed E-state index contributed by atoms with van der Waals surface area (Å²) in [6.45, 7) is 3.52. The van der Waals surface area contributed by atoms with Crippen molar-refractivity contribution in [3.63, 3.8) is 0 Å². The highest BCUT2D eigenvalue weighted by Crippen LogP contribution is 2.30. The molecule has 1 heterocycles. The van der Waals surface area contributed by atoms with Gasteiger partial charge in [-0.2, -0.15) is 5.26 Å². The number of sulfonamides is 1. The molecule has 1 aromatic carbocycles. The maximum atomic E-state index is 13.4. The second-order valence-electron chi connectivity index (χ2n) is 5.63. The van der Waals surface area contributed by atoms with E-state index in [1.807, 2.05) is 0 Å². The van der Waals surface area contributed by atoms with Crippen LogP contribution in [0.25, 0.3) is 0 Å². The minimum absolute atomic E-state index is 0.0571. The molecule has 0 fully saturated rings. The number of anilines is 1. The number of hydrogen-bond acceptors (Lipinski definition) is 4. The summed E-state index contributed by atoms with van der Waals surface area (Å²) in [6.07, 6.45) is 1.28. The van der Waals surface area contributed by atoms with Gasteiger partial charge in [0, 0.05) is 17.9 Å². The van der Waals surface area contributed by atoms with Gasteiger partial charge in [0.1, 0.15) is 22.5 Å². The highest BCUT2D eigenvalue weighted by atomic mass is 35.5. The van der Waals surface area contributed by atoms with E-state index in [0.29, 0.717) is 0 Å². The SMILES string of the molecule is CNS(=O)(=O)c1cn(C(C)C)c(C(=O)Nc2ccc(F)c(C#N)c2)c1Cl. The lowest BCUT2D eigenvalue weighted by Crippen LogP contribution is -2.19. The first-order valence-corrected chi connectivity index (χ1v) is 9.33. The van der Waals surface area contributed by atoms with Crippen LogP contribution in [0.5, 0.6) is 0 Å². The molecule has 0 atom stereocenters. The van der Waals surface area contributed by atoms with E-state index in [1.54, 1.807) is 19.9 Å². The van der Waals surface area contributed by atoms with Crippen LogP contribution in [0, 0.1) is 17.1 Å². The fourth-order valence-corrected chi connectivity index (χ4v) is 3.62. The van der Waals surface area contributed by atoms with Crippen molar-refractivity contribution in [3.05, 3.63) is 46.5 Å². The van der Waals surface area contributed by atoms with Gasteiger partial charge in [-0.05, 0) is 39.1 Å². The van der Waals surface area contributed by atoms with Crippen molar-refractivity contribution < 1.29 is 17.6 Å². The molecule has 0 aliphatic rings. The fourth-order valence-electron chi connectivity index (χ4n) is 2.28. The Morgan fingerprint density at radius 1 is 1.38 bits per heavy atom. The Balaban J connectivity index is 2.51. The Morgan fingerprint density at radius 3 is 2.58 bits per heavy atom. The van der Waals surface area contributed by atoms with E-state index < -0.39 is 21.7 Å². The standard InChI is InChI=1S/C16H16ClFN4O3S/c1-9(2)22-8-13(26(24,25)20-3)14(17)15(22)16(23)21-11-4-5-12(18)10(6-11)7-19/h4-6,8-9,20H,1-3H3,(H,21,23). The van der Waals surface area contributed by atoms with E-state index in [2.05, 4.69) is 10.0 Å². The van der Waals surface area contributed by atoms with Gasteiger partial charge >= 0.3 is 0 Å². The average Bonchev–Trinajstić information content (AvgIpc) is 2.95. The number of hydrogen-bond donors (Lipinski definition) is 2. The molecule has 0 unspecified atom stereocenters. The van der Waals surface area contributed by atoms with Crippen LogP contribution in [0.3, 0.4) is 0 Å². The summed E-state index contributed by atoms with van der Waals surface area (Å²) in [7, 11) is -2.63. The van der Waals surface area contributed by atoms with Gasteiger partial charge in [-0.3, -0.25) is 4.79 Å². The van der Waals surface area contributed by atoms with Crippen LogP contribution < -0.4 is 10.0 Å². The molecule has 0 aliphatic carbocycles. The van der Waals surface area contributed by atoms with Crippen LogP contribution >= 0.6 is 11.6 Å². The maximum absolute atomic E-state index is 13.4. The van der Waals surface area contributed by atoms with E-state index in [0.717, 1.165) is 6.07 Å². The van der Waals surface area contributed by atoms with Crippen LogP contribution in [0.2, 0.25) is 5.02 Å². The number of rotatable bonds is 5. The highest BCUT2D eigenvalue weighted by Gasteiger charge is 2.28. The maximum Gasteiger partial charge on any atom is 0.273 e. The number of carbonyl (C=O) groups excluding carboxylic acids is 1. The number of carbonyl (C=O) groups is 1. The summed E-state index contributed by atoms with van der Waals surface area (Å²) in [5.74, 6) is -1.40. The first-order valence-electron chi connectivity index (χ1n) is 7.47. The molecule has 1 amide bonds. The van der Waals surface area contributed by atoms with E-state index in [1.165, 1.54) is 29.9 Å². The lowest BCUT2D eigenvalue weighted by atomic mass is 10.2. The van der Waals surface area contributed by atoms with Crippen molar-refractivity contribution in [3.8, 4) is 6.07 Å². The molecule has 0 spiro atoms. The summed E-state index contributed by atoms with van der Waals surface area (Å²) in [5.41, 5.74) is -0.108. The zero-order valence-corrected chi connectivity index (χ0v) is 15.7. The number of nitrogens with one attached hydrogen (secondary N) is 2. The number of benzene rings is 1. The predicted octanol–water partition coefficient (Wildman–Crippen LogP) is 2.89. The molecule has 0 radical (unpaired) electrons. The second-order valence-corrected chi connectivity index (χ2v) is 7.86. The van der Waals surface area contributed by atoms with Gasteiger partial charge in [-0.25, -0.2) is 17.5 Å². The summed E-state index contributed by atoms with van der Waals surface area (Å²) >= 11 is 6.17. The summed E-state index contributed by atoms with van der Waals surface area (Å²) in [5, 5.41) is 11.1. The molecular weight excluding hydrogens is 383 g/mol. The summed E-state index contributed by atoms with van der Waals surface area (Å²) in [6, 6.07) is 4.94. The third-order valence-corrected chi connectivity index (χ3v) is 5.53. The zero-order chi connectivity index (χ0) is 19.6. The van der Waals surface area contributed by atoms with Gasteiger partial charge in [0.25, 0.3) is 5.91 Å². The quantitative estimate of drug-likeness (QED) is 0.807. The molecule has 0 saturated heterocycles. The predicted molar refractivity (Wildman–Crippen MR) is 95.1 cm³/mol. The number of amides is 1. The summed E-state index contributed by atoms with van der Waals surface area (Å²) < 4.78 is 41.2. The van der Waals surface area contributed by atoms with Crippen molar-refractivity contribution in [2.45, 2.75) is 24.8 Å². The molecule has 7 nitrogen and oxygen atoms in total. The van der Waals surface area contributed by atoms with E-state index in [4.69, 9.17) is 16.9 Å². The Labute approximate surface area is 155 Å². The minimum Gasteiger partial charge on any atom is -0.338 e.